The summed E-state index contributed by atoms with van der Waals surface area (Å²) in [5.74, 6) is 1.56. The Morgan fingerprint density at radius 2 is 1.77 bits per heavy atom. The summed E-state index contributed by atoms with van der Waals surface area (Å²) in [4.78, 5) is 28.1. The minimum atomic E-state index is -0.309. The number of nitrogens with one attached hydrogen (secondary N) is 1. The van der Waals surface area contributed by atoms with E-state index >= 15 is 0 Å². The summed E-state index contributed by atoms with van der Waals surface area (Å²) in [6.45, 7) is 3.73. The maximum atomic E-state index is 13.8. The molecule has 3 aromatic carbocycles. The zero-order chi connectivity index (χ0) is 30.3. The molecule has 6 rings (SSSR count). The molecule has 1 saturated heterocycles. The molecule has 1 aliphatic rings. The van der Waals surface area contributed by atoms with Crippen molar-refractivity contribution in [1.82, 2.24) is 24.4 Å². The van der Waals surface area contributed by atoms with Gasteiger partial charge in [-0.3, -0.25) is 0 Å². The van der Waals surface area contributed by atoms with E-state index in [1.54, 1.807) is 36.4 Å². The number of piperidine rings is 1. The number of halogens is 1. The highest BCUT2D eigenvalue weighted by Crippen LogP contribution is 2.35. The van der Waals surface area contributed by atoms with Crippen molar-refractivity contribution in [2.75, 3.05) is 25.0 Å². The molecule has 1 N–H and O–H groups in total. The third-order valence-corrected chi connectivity index (χ3v) is 7.51. The average molecular weight is 593 g/mol. The van der Waals surface area contributed by atoms with Crippen LogP contribution in [0.4, 0.5) is 20.8 Å². The minimum Gasteiger partial charge on any atom is -0.489 e. The second-order valence-electron chi connectivity index (χ2n) is 10.5. The van der Waals surface area contributed by atoms with Gasteiger partial charge in [-0.05, 0) is 67.8 Å². The van der Waals surface area contributed by atoms with Crippen molar-refractivity contribution in [2.24, 2.45) is 0 Å². The van der Waals surface area contributed by atoms with E-state index in [1.807, 2.05) is 60.7 Å². The van der Waals surface area contributed by atoms with Crippen molar-refractivity contribution in [1.29, 1.82) is 0 Å². The predicted octanol–water partition coefficient (Wildman–Crippen LogP) is 7.26. The predicted molar refractivity (Wildman–Crippen MR) is 166 cm³/mol. The molecule has 0 aliphatic carbocycles. The molecule has 1 fully saturated rings. The maximum Gasteiger partial charge on any atom is 0.409 e. The highest BCUT2D eigenvalue weighted by atomic mass is 19.1. The average Bonchev–Trinajstić information content (AvgIpc) is 3.50. The van der Waals surface area contributed by atoms with Gasteiger partial charge in [-0.25, -0.2) is 24.1 Å². The van der Waals surface area contributed by atoms with Crippen LogP contribution in [0.25, 0.3) is 22.8 Å². The zero-order valence-corrected chi connectivity index (χ0v) is 24.4. The summed E-state index contributed by atoms with van der Waals surface area (Å²) in [6, 6.07) is 25.9. The van der Waals surface area contributed by atoms with Crippen LogP contribution in [0.15, 0.2) is 97.3 Å². The summed E-state index contributed by atoms with van der Waals surface area (Å²) in [7, 11) is 0. The number of benzene rings is 3. The largest absolute Gasteiger partial charge is 0.489 e. The first-order valence-corrected chi connectivity index (χ1v) is 14.7. The highest BCUT2D eigenvalue weighted by molar-refractivity contribution is 5.68. The van der Waals surface area contributed by atoms with Crippen LogP contribution in [0.2, 0.25) is 0 Å². The number of amides is 1. The normalized spacial score (nSPS) is 13.5. The highest BCUT2D eigenvalue weighted by Gasteiger charge is 2.28. The fourth-order valence-corrected chi connectivity index (χ4v) is 5.35. The molecule has 0 atom stereocenters. The van der Waals surface area contributed by atoms with Crippen LogP contribution in [-0.4, -0.2) is 50.2 Å². The lowest BCUT2D eigenvalue weighted by atomic mass is 10.0. The second kappa shape index (κ2) is 13.4. The van der Waals surface area contributed by atoms with Crippen LogP contribution < -0.4 is 10.1 Å². The molecule has 0 radical (unpaired) electrons. The number of anilines is 2. The fraction of sp³-hybridized carbons (Fsp3) is 0.235. The van der Waals surface area contributed by atoms with E-state index < -0.39 is 0 Å². The zero-order valence-electron chi connectivity index (χ0n) is 24.4. The van der Waals surface area contributed by atoms with Gasteiger partial charge in [0.1, 0.15) is 24.0 Å². The molecule has 0 spiro atoms. The Hall–Kier alpha value is -5.25. The summed E-state index contributed by atoms with van der Waals surface area (Å²) in [6.07, 6.45) is 4.63. The Balaban J connectivity index is 1.25. The number of rotatable bonds is 9. The molecule has 9 nitrogen and oxygen atoms in total. The summed E-state index contributed by atoms with van der Waals surface area (Å²) in [5, 5.41) is 3.29. The molecule has 10 heteroatoms. The Bertz CT molecular complexity index is 1700. The van der Waals surface area contributed by atoms with Crippen LogP contribution in [0, 0.1) is 5.82 Å². The summed E-state index contributed by atoms with van der Waals surface area (Å²) in [5.41, 5.74) is 4.17. The number of hydrogen-bond donors (Lipinski definition) is 1. The first-order chi connectivity index (χ1) is 21.6. The van der Waals surface area contributed by atoms with Crippen LogP contribution in [0.3, 0.4) is 0 Å². The molecule has 5 aromatic rings. The lowest BCUT2D eigenvalue weighted by Crippen LogP contribution is -2.39. The van der Waals surface area contributed by atoms with E-state index in [4.69, 9.17) is 19.4 Å². The molecule has 0 unspecified atom stereocenters. The van der Waals surface area contributed by atoms with Crippen molar-refractivity contribution >= 4 is 17.7 Å². The number of likely N-dealkylation sites (tertiary alicyclic amines) is 1. The molecule has 1 aliphatic heterocycles. The van der Waals surface area contributed by atoms with Gasteiger partial charge < -0.3 is 24.3 Å². The van der Waals surface area contributed by atoms with Gasteiger partial charge in [0.2, 0.25) is 5.95 Å². The molecule has 44 heavy (non-hydrogen) atoms. The number of imidazole rings is 1. The summed E-state index contributed by atoms with van der Waals surface area (Å²) >= 11 is 0. The lowest BCUT2D eigenvalue weighted by molar-refractivity contribution is 0.0929. The van der Waals surface area contributed by atoms with Gasteiger partial charge in [-0.15, -0.1) is 0 Å². The molecular formula is C34H33FN6O3. The number of aromatic nitrogens is 4. The Labute approximate surface area is 255 Å². The number of nitrogens with zero attached hydrogens (tertiary/aromatic N) is 5. The third kappa shape index (κ3) is 6.70. The monoisotopic (exact) mass is 592 g/mol. The molecule has 2 aromatic heterocycles. The first-order valence-electron chi connectivity index (χ1n) is 14.7. The van der Waals surface area contributed by atoms with Crippen molar-refractivity contribution in [3.05, 3.63) is 109 Å². The number of hydrogen-bond acceptors (Lipinski definition) is 7. The van der Waals surface area contributed by atoms with Crippen LogP contribution in [0.5, 0.6) is 5.75 Å². The Morgan fingerprint density at radius 3 is 2.55 bits per heavy atom. The third-order valence-electron chi connectivity index (χ3n) is 7.51. The fourth-order valence-electron chi connectivity index (χ4n) is 5.35. The lowest BCUT2D eigenvalue weighted by Gasteiger charge is -2.33. The van der Waals surface area contributed by atoms with E-state index in [-0.39, 0.29) is 18.0 Å². The standard InChI is InChI=1S/C34H33FN6O3/c1-2-43-34(42)40-19-16-28(17-20-40)41-31(22-37-32(41)25-11-13-26(35)14-12-25)30-15-18-36-33(39-30)38-27-9-6-10-29(21-27)44-23-24-7-4-3-5-8-24/h3-15,18,21-22,28H,2,16-17,19-20,23H2,1H3,(H,36,38,39). The van der Waals surface area contributed by atoms with E-state index in [2.05, 4.69) is 14.9 Å². The topological polar surface area (TPSA) is 94.4 Å². The SMILES string of the molecule is CCOC(=O)N1CCC(n2c(-c3ccnc(Nc4cccc(OCc5ccccc5)c4)n3)cnc2-c2ccc(F)cc2)CC1. The maximum absolute atomic E-state index is 13.8. The quantitative estimate of drug-likeness (QED) is 0.192. The van der Waals surface area contributed by atoms with Crippen LogP contribution in [-0.2, 0) is 11.3 Å². The molecule has 3 heterocycles. The number of carbonyl (C=O) groups is 1. The smallest absolute Gasteiger partial charge is 0.409 e. The molecule has 0 saturated carbocycles. The van der Waals surface area contributed by atoms with Gasteiger partial charge in [0, 0.05) is 42.6 Å². The number of carbonyl (C=O) groups excluding carboxylic acids is 1. The Kier molecular flexibility index (Phi) is 8.77. The van der Waals surface area contributed by atoms with Crippen molar-refractivity contribution in [2.45, 2.75) is 32.4 Å². The Morgan fingerprint density at radius 1 is 0.977 bits per heavy atom. The molecular weight excluding hydrogens is 559 g/mol. The van der Waals surface area contributed by atoms with Gasteiger partial charge in [0.25, 0.3) is 0 Å². The first kappa shape index (κ1) is 28.9. The van der Waals surface area contributed by atoms with Gasteiger partial charge in [0.05, 0.1) is 24.2 Å². The minimum absolute atomic E-state index is 0.0445. The van der Waals surface area contributed by atoms with Gasteiger partial charge in [-0.1, -0.05) is 36.4 Å². The number of ether oxygens (including phenoxy) is 2. The van der Waals surface area contributed by atoms with Gasteiger partial charge >= 0.3 is 6.09 Å². The van der Waals surface area contributed by atoms with Gasteiger partial charge in [0.15, 0.2) is 0 Å². The molecule has 1 amide bonds. The van der Waals surface area contributed by atoms with E-state index in [1.165, 1.54) is 12.1 Å². The summed E-state index contributed by atoms with van der Waals surface area (Å²) < 4.78 is 27.1. The second-order valence-corrected chi connectivity index (χ2v) is 10.5. The van der Waals surface area contributed by atoms with Crippen molar-refractivity contribution in [3.8, 4) is 28.5 Å². The molecule has 0 bridgehead atoms. The van der Waals surface area contributed by atoms with E-state index in [9.17, 15) is 9.18 Å². The van der Waals surface area contributed by atoms with Crippen LogP contribution in [0.1, 0.15) is 31.4 Å². The van der Waals surface area contributed by atoms with Crippen molar-refractivity contribution < 1.29 is 18.7 Å². The van der Waals surface area contributed by atoms with Crippen molar-refractivity contribution in [3.63, 3.8) is 0 Å². The van der Waals surface area contributed by atoms with E-state index in [0.717, 1.165) is 28.3 Å². The van der Waals surface area contributed by atoms with Gasteiger partial charge in [-0.2, -0.15) is 0 Å². The molecule has 224 valence electrons. The van der Waals surface area contributed by atoms with Crippen LogP contribution >= 0.6 is 0 Å². The van der Waals surface area contributed by atoms with E-state index in [0.29, 0.717) is 56.6 Å².